The van der Waals surface area contributed by atoms with E-state index < -0.39 is 0 Å². The van der Waals surface area contributed by atoms with Gasteiger partial charge in [0.25, 0.3) is 5.91 Å². The van der Waals surface area contributed by atoms with Crippen molar-refractivity contribution in [3.63, 3.8) is 0 Å². The van der Waals surface area contributed by atoms with Crippen molar-refractivity contribution in [3.8, 4) is 11.6 Å². The number of fused-ring (bicyclic) bond motifs is 1. The molecule has 26 heavy (non-hydrogen) atoms. The molecular formula is C19H19FN4O2. The van der Waals surface area contributed by atoms with Gasteiger partial charge in [0.2, 0.25) is 5.89 Å². The molecule has 3 aromatic rings. The number of amides is 1. The molecule has 0 saturated carbocycles. The van der Waals surface area contributed by atoms with Crippen LogP contribution in [-0.4, -0.2) is 32.1 Å². The fraction of sp³-hybridized carbons (Fsp3) is 0.316. The molecule has 0 N–H and O–H groups in total. The summed E-state index contributed by atoms with van der Waals surface area (Å²) in [5.74, 6) is 0.604. The molecule has 0 fully saturated rings. The normalized spacial score (nSPS) is 13.8. The second-order valence-electron chi connectivity index (χ2n) is 6.61. The first kappa shape index (κ1) is 16.5. The SMILES string of the molecule is Cc1cnc(-c2nn(C)c3c2CN(C(=O)c2ccc(C)c(F)c2)CC3)o1. The van der Waals surface area contributed by atoms with Crippen molar-refractivity contribution in [2.45, 2.75) is 26.8 Å². The number of rotatable bonds is 2. The van der Waals surface area contributed by atoms with E-state index in [9.17, 15) is 9.18 Å². The molecule has 2 aromatic heterocycles. The Bertz CT molecular complexity index is 1010. The first-order valence-electron chi connectivity index (χ1n) is 8.47. The summed E-state index contributed by atoms with van der Waals surface area (Å²) >= 11 is 0. The lowest BCUT2D eigenvalue weighted by Crippen LogP contribution is -2.36. The third kappa shape index (κ3) is 2.69. The summed E-state index contributed by atoms with van der Waals surface area (Å²) in [7, 11) is 1.88. The third-order valence-electron chi connectivity index (χ3n) is 4.77. The van der Waals surface area contributed by atoms with Crippen molar-refractivity contribution in [2.24, 2.45) is 7.05 Å². The van der Waals surface area contributed by atoms with Crippen LogP contribution in [0.3, 0.4) is 0 Å². The fourth-order valence-corrected chi connectivity index (χ4v) is 3.31. The summed E-state index contributed by atoms with van der Waals surface area (Å²) in [6, 6.07) is 4.59. The highest BCUT2D eigenvalue weighted by Gasteiger charge is 2.29. The first-order chi connectivity index (χ1) is 12.4. The van der Waals surface area contributed by atoms with Crippen LogP contribution in [0.25, 0.3) is 11.6 Å². The van der Waals surface area contributed by atoms with Gasteiger partial charge in [-0.1, -0.05) is 6.07 Å². The first-order valence-corrected chi connectivity index (χ1v) is 8.47. The molecule has 1 aliphatic heterocycles. The van der Waals surface area contributed by atoms with E-state index in [0.717, 1.165) is 11.3 Å². The van der Waals surface area contributed by atoms with Gasteiger partial charge in [-0.05, 0) is 31.5 Å². The lowest BCUT2D eigenvalue weighted by atomic mass is 10.0. The lowest BCUT2D eigenvalue weighted by Gasteiger charge is -2.27. The van der Waals surface area contributed by atoms with Crippen molar-refractivity contribution in [1.29, 1.82) is 0 Å². The Balaban J connectivity index is 1.67. The van der Waals surface area contributed by atoms with Crippen LogP contribution in [0.1, 0.15) is 32.9 Å². The predicted octanol–water partition coefficient (Wildman–Crippen LogP) is 3.03. The van der Waals surface area contributed by atoms with Crippen molar-refractivity contribution in [2.75, 3.05) is 6.54 Å². The molecular weight excluding hydrogens is 335 g/mol. The molecule has 0 aliphatic carbocycles. The molecule has 0 spiro atoms. The van der Waals surface area contributed by atoms with E-state index in [-0.39, 0.29) is 11.7 Å². The van der Waals surface area contributed by atoms with E-state index in [1.165, 1.54) is 6.07 Å². The molecule has 1 aromatic carbocycles. The molecule has 3 heterocycles. The quantitative estimate of drug-likeness (QED) is 0.710. The number of benzene rings is 1. The standard InChI is InChI=1S/C19H19FN4O2/c1-11-4-5-13(8-15(11)20)19(25)24-7-6-16-14(10-24)17(22-23(16)3)18-21-9-12(2)26-18/h4-5,8-9H,6-7,10H2,1-3H3. The van der Waals surface area contributed by atoms with Gasteiger partial charge >= 0.3 is 0 Å². The monoisotopic (exact) mass is 354 g/mol. The highest BCUT2D eigenvalue weighted by atomic mass is 19.1. The van der Waals surface area contributed by atoms with Crippen molar-refractivity contribution < 1.29 is 13.6 Å². The summed E-state index contributed by atoms with van der Waals surface area (Å²) < 4.78 is 21.3. The van der Waals surface area contributed by atoms with Gasteiger partial charge in [-0.15, -0.1) is 0 Å². The molecule has 0 atom stereocenters. The number of oxazole rings is 1. The van der Waals surface area contributed by atoms with Crippen LogP contribution in [0.4, 0.5) is 4.39 Å². The zero-order chi connectivity index (χ0) is 18.4. The van der Waals surface area contributed by atoms with Gasteiger partial charge < -0.3 is 9.32 Å². The number of aryl methyl sites for hydroxylation is 3. The highest BCUT2D eigenvalue weighted by molar-refractivity contribution is 5.94. The predicted molar refractivity (Wildman–Crippen MR) is 93.0 cm³/mol. The Labute approximate surface area is 150 Å². The molecule has 0 radical (unpaired) electrons. The number of carbonyl (C=O) groups is 1. The maximum atomic E-state index is 13.8. The van der Waals surface area contributed by atoms with E-state index in [2.05, 4.69) is 10.1 Å². The van der Waals surface area contributed by atoms with E-state index in [1.807, 2.05) is 18.7 Å². The Hall–Kier alpha value is -2.96. The minimum Gasteiger partial charge on any atom is -0.440 e. The maximum Gasteiger partial charge on any atom is 0.254 e. The Morgan fingerprint density at radius 2 is 2.12 bits per heavy atom. The van der Waals surface area contributed by atoms with Crippen LogP contribution in [0.5, 0.6) is 0 Å². The summed E-state index contributed by atoms with van der Waals surface area (Å²) in [6.45, 7) is 4.46. The van der Waals surface area contributed by atoms with Gasteiger partial charge in [-0.3, -0.25) is 9.48 Å². The van der Waals surface area contributed by atoms with Gasteiger partial charge in [0.15, 0.2) is 5.69 Å². The van der Waals surface area contributed by atoms with Crippen molar-refractivity contribution in [3.05, 3.63) is 58.4 Å². The topological polar surface area (TPSA) is 64.2 Å². The van der Waals surface area contributed by atoms with Gasteiger partial charge in [0.1, 0.15) is 11.6 Å². The van der Waals surface area contributed by atoms with Gasteiger partial charge in [-0.2, -0.15) is 5.10 Å². The van der Waals surface area contributed by atoms with E-state index >= 15 is 0 Å². The average Bonchev–Trinajstić information content (AvgIpc) is 3.20. The number of halogens is 1. The van der Waals surface area contributed by atoms with Gasteiger partial charge in [0, 0.05) is 36.8 Å². The molecule has 1 aliphatic rings. The number of hydrogen-bond acceptors (Lipinski definition) is 4. The van der Waals surface area contributed by atoms with Crippen molar-refractivity contribution >= 4 is 5.91 Å². The van der Waals surface area contributed by atoms with Crippen molar-refractivity contribution in [1.82, 2.24) is 19.7 Å². The molecule has 1 amide bonds. The number of aromatic nitrogens is 3. The smallest absolute Gasteiger partial charge is 0.254 e. The maximum absolute atomic E-state index is 13.8. The number of nitrogens with zero attached hydrogens (tertiary/aromatic N) is 4. The third-order valence-corrected chi connectivity index (χ3v) is 4.77. The zero-order valence-corrected chi connectivity index (χ0v) is 14.9. The molecule has 0 unspecified atom stereocenters. The van der Waals surface area contributed by atoms with Gasteiger partial charge in [-0.25, -0.2) is 9.37 Å². The summed E-state index contributed by atoms with van der Waals surface area (Å²) in [4.78, 5) is 18.8. The molecule has 0 saturated heterocycles. The Morgan fingerprint density at radius 3 is 2.81 bits per heavy atom. The highest BCUT2D eigenvalue weighted by Crippen LogP contribution is 2.30. The second kappa shape index (κ2) is 6.09. The average molecular weight is 354 g/mol. The summed E-state index contributed by atoms with van der Waals surface area (Å²) in [6.07, 6.45) is 2.33. The molecule has 0 bridgehead atoms. The minimum atomic E-state index is -0.370. The van der Waals surface area contributed by atoms with Crippen LogP contribution in [0.15, 0.2) is 28.8 Å². The van der Waals surface area contributed by atoms with Crippen LogP contribution >= 0.6 is 0 Å². The van der Waals surface area contributed by atoms with Crippen LogP contribution in [0, 0.1) is 19.7 Å². The number of carbonyl (C=O) groups excluding carboxylic acids is 1. The minimum absolute atomic E-state index is 0.187. The summed E-state index contributed by atoms with van der Waals surface area (Å²) in [5.41, 5.74) is 3.53. The Kier molecular flexibility index (Phi) is 3.86. The van der Waals surface area contributed by atoms with Gasteiger partial charge in [0.05, 0.1) is 12.7 Å². The lowest BCUT2D eigenvalue weighted by molar-refractivity contribution is 0.0733. The molecule has 4 rings (SSSR count). The zero-order valence-electron chi connectivity index (χ0n) is 14.9. The molecule has 6 nitrogen and oxygen atoms in total. The van der Waals surface area contributed by atoms with Crippen LogP contribution in [0.2, 0.25) is 0 Å². The summed E-state index contributed by atoms with van der Waals surface area (Å²) in [5, 5.41) is 4.53. The number of hydrogen-bond donors (Lipinski definition) is 0. The largest absolute Gasteiger partial charge is 0.440 e. The Morgan fingerprint density at radius 1 is 1.31 bits per heavy atom. The van der Waals surface area contributed by atoms with E-state index in [1.54, 1.807) is 30.2 Å². The van der Waals surface area contributed by atoms with E-state index in [0.29, 0.717) is 48.0 Å². The molecule has 7 heteroatoms. The fourth-order valence-electron chi connectivity index (χ4n) is 3.31. The molecule has 134 valence electrons. The second-order valence-corrected chi connectivity index (χ2v) is 6.61. The van der Waals surface area contributed by atoms with Crippen LogP contribution < -0.4 is 0 Å². The van der Waals surface area contributed by atoms with Crippen LogP contribution in [-0.2, 0) is 20.0 Å². The van der Waals surface area contributed by atoms with E-state index in [4.69, 9.17) is 4.42 Å².